The van der Waals surface area contributed by atoms with Crippen molar-refractivity contribution in [1.29, 1.82) is 0 Å². The third-order valence-electron chi connectivity index (χ3n) is 5.55. The summed E-state index contributed by atoms with van der Waals surface area (Å²) in [5.74, 6) is 0.133. The Balaban J connectivity index is 1.25. The number of aromatic nitrogens is 1. The summed E-state index contributed by atoms with van der Waals surface area (Å²) in [4.78, 5) is 30.2. The second kappa shape index (κ2) is 9.00. The van der Waals surface area contributed by atoms with Gasteiger partial charge in [0, 0.05) is 48.3 Å². The van der Waals surface area contributed by atoms with Crippen LogP contribution in [0.4, 0.5) is 4.79 Å². The Labute approximate surface area is 175 Å². The number of amides is 3. The number of H-pyrrole nitrogens is 1. The van der Waals surface area contributed by atoms with Crippen molar-refractivity contribution in [2.24, 2.45) is 0 Å². The molecule has 2 heterocycles. The molecule has 1 fully saturated rings. The van der Waals surface area contributed by atoms with Crippen LogP contribution in [0.1, 0.15) is 28.8 Å². The molecule has 3 aromatic rings. The predicted octanol–water partition coefficient (Wildman–Crippen LogP) is 3.28. The first kappa shape index (κ1) is 20.0. The normalized spacial score (nSPS) is 15.1. The number of piperidine rings is 1. The number of ether oxygens (including phenoxy) is 1. The van der Waals surface area contributed by atoms with Crippen molar-refractivity contribution in [3.63, 3.8) is 0 Å². The molecule has 1 aromatic heterocycles. The number of methoxy groups -OCH3 is 1. The van der Waals surface area contributed by atoms with Gasteiger partial charge in [0.1, 0.15) is 5.75 Å². The molecule has 30 heavy (non-hydrogen) atoms. The van der Waals surface area contributed by atoms with E-state index in [0.29, 0.717) is 11.3 Å². The minimum absolute atomic E-state index is 0.0577. The number of imide groups is 1. The highest BCUT2D eigenvalue weighted by molar-refractivity contribution is 6.04. The summed E-state index contributed by atoms with van der Waals surface area (Å²) < 4.78 is 5.12. The fraction of sp³-hybridized carbons (Fsp3) is 0.304. The number of hydrogen-bond acceptors (Lipinski definition) is 4. The molecular formula is C23H26N4O3. The smallest absolute Gasteiger partial charge is 0.321 e. The Kier molecular flexibility index (Phi) is 5.99. The molecule has 3 N–H and O–H groups in total. The number of fused-ring (bicyclic) bond motifs is 1. The molecule has 0 aliphatic carbocycles. The van der Waals surface area contributed by atoms with E-state index in [2.05, 4.69) is 44.9 Å². The fourth-order valence-electron chi connectivity index (χ4n) is 3.90. The molecule has 7 nitrogen and oxygen atoms in total. The van der Waals surface area contributed by atoms with Crippen LogP contribution in [0.3, 0.4) is 0 Å². The molecule has 0 bridgehead atoms. The number of rotatable bonds is 5. The first-order valence-corrected chi connectivity index (χ1v) is 10.2. The van der Waals surface area contributed by atoms with Gasteiger partial charge < -0.3 is 15.0 Å². The largest absolute Gasteiger partial charge is 0.497 e. The van der Waals surface area contributed by atoms with Crippen LogP contribution in [0.25, 0.3) is 10.9 Å². The van der Waals surface area contributed by atoms with E-state index in [1.807, 2.05) is 6.07 Å². The van der Waals surface area contributed by atoms with Crippen molar-refractivity contribution in [3.8, 4) is 5.75 Å². The quantitative estimate of drug-likeness (QED) is 0.607. The van der Waals surface area contributed by atoms with Gasteiger partial charge >= 0.3 is 6.03 Å². The summed E-state index contributed by atoms with van der Waals surface area (Å²) in [5, 5.41) is 6.58. The maximum absolute atomic E-state index is 12.3. The van der Waals surface area contributed by atoms with Gasteiger partial charge in [0.25, 0.3) is 5.91 Å². The van der Waals surface area contributed by atoms with Crippen molar-refractivity contribution < 1.29 is 14.3 Å². The number of aromatic amines is 1. The van der Waals surface area contributed by atoms with Crippen molar-refractivity contribution >= 4 is 22.8 Å². The van der Waals surface area contributed by atoms with E-state index in [9.17, 15) is 9.59 Å². The molecule has 2 aromatic carbocycles. The minimum Gasteiger partial charge on any atom is -0.497 e. The van der Waals surface area contributed by atoms with Gasteiger partial charge in [-0.05, 0) is 42.7 Å². The lowest BCUT2D eigenvalue weighted by molar-refractivity contribution is 0.0961. The average Bonchev–Trinajstić information content (AvgIpc) is 3.18. The predicted molar refractivity (Wildman–Crippen MR) is 116 cm³/mol. The first-order valence-electron chi connectivity index (χ1n) is 10.2. The SMILES string of the molecule is COc1cccc(C(=O)NC(=O)NC2CCN(Cc3c[nH]c4ccccc34)CC2)c1. The Hall–Kier alpha value is -3.32. The third kappa shape index (κ3) is 4.63. The molecule has 0 spiro atoms. The Morgan fingerprint density at radius 2 is 1.93 bits per heavy atom. The van der Waals surface area contributed by atoms with Crippen LogP contribution in [-0.4, -0.2) is 48.1 Å². The molecule has 7 heteroatoms. The molecular weight excluding hydrogens is 380 g/mol. The molecule has 1 aliphatic heterocycles. The number of likely N-dealkylation sites (tertiary alicyclic amines) is 1. The standard InChI is InChI=1S/C23H26N4O3/c1-30-19-6-4-5-16(13-19)22(28)26-23(29)25-18-9-11-27(12-10-18)15-17-14-24-21-8-3-2-7-20(17)21/h2-8,13-14,18,24H,9-12,15H2,1H3,(H2,25,26,28,29). The van der Waals surface area contributed by atoms with Crippen molar-refractivity contribution in [1.82, 2.24) is 20.5 Å². The number of benzene rings is 2. The zero-order valence-corrected chi connectivity index (χ0v) is 17.0. The third-order valence-corrected chi connectivity index (χ3v) is 5.55. The van der Waals surface area contributed by atoms with E-state index in [1.54, 1.807) is 24.3 Å². The molecule has 0 saturated carbocycles. The van der Waals surface area contributed by atoms with Gasteiger partial charge in [-0.25, -0.2) is 4.79 Å². The van der Waals surface area contributed by atoms with Gasteiger partial charge in [-0.15, -0.1) is 0 Å². The lowest BCUT2D eigenvalue weighted by Crippen LogP contribution is -2.49. The highest BCUT2D eigenvalue weighted by Crippen LogP contribution is 2.21. The summed E-state index contributed by atoms with van der Waals surface area (Å²) in [6.07, 6.45) is 3.78. The van der Waals surface area contributed by atoms with Gasteiger partial charge in [-0.1, -0.05) is 24.3 Å². The van der Waals surface area contributed by atoms with Crippen LogP contribution in [0.5, 0.6) is 5.75 Å². The lowest BCUT2D eigenvalue weighted by Gasteiger charge is -2.32. The number of carbonyl (C=O) groups is 2. The number of urea groups is 1. The number of para-hydroxylation sites is 1. The highest BCUT2D eigenvalue weighted by Gasteiger charge is 2.22. The number of carbonyl (C=O) groups excluding carboxylic acids is 2. The second-order valence-corrected chi connectivity index (χ2v) is 7.57. The van der Waals surface area contributed by atoms with Gasteiger partial charge in [0.15, 0.2) is 0 Å². The van der Waals surface area contributed by atoms with Crippen molar-refractivity contribution in [2.45, 2.75) is 25.4 Å². The topological polar surface area (TPSA) is 86.5 Å². The van der Waals surface area contributed by atoms with Crippen LogP contribution >= 0.6 is 0 Å². The first-order chi connectivity index (χ1) is 14.6. The van der Waals surface area contributed by atoms with E-state index < -0.39 is 11.9 Å². The Morgan fingerprint density at radius 3 is 2.73 bits per heavy atom. The number of hydrogen-bond donors (Lipinski definition) is 3. The maximum atomic E-state index is 12.3. The van der Waals surface area contributed by atoms with Gasteiger partial charge in [-0.2, -0.15) is 0 Å². The number of nitrogens with one attached hydrogen (secondary N) is 3. The molecule has 4 rings (SSSR count). The average molecular weight is 406 g/mol. The van der Waals surface area contributed by atoms with E-state index in [-0.39, 0.29) is 6.04 Å². The summed E-state index contributed by atoms with van der Waals surface area (Å²) in [7, 11) is 1.54. The zero-order valence-electron chi connectivity index (χ0n) is 17.0. The highest BCUT2D eigenvalue weighted by atomic mass is 16.5. The number of nitrogens with zero attached hydrogens (tertiary/aromatic N) is 1. The zero-order chi connectivity index (χ0) is 20.9. The van der Waals surface area contributed by atoms with Crippen LogP contribution in [-0.2, 0) is 6.54 Å². The van der Waals surface area contributed by atoms with Crippen LogP contribution < -0.4 is 15.4 Å². The van der Waals surface area contributed by atoms with Crippen LogP contribution in [0.2, 0.25) is 0 Å². The van der Waals surface area contributed by atoms with Crippen molar-refractivity contribution in [3.05, 3.63) is 65.9 Å². The van der Waals surface area contributed by atoms with Gasteiger partial charge in [-0.3, -0.25) is 15.0 Å². The monoisotopic (exact) mass is 406 g/mol. The van der Waals surface area contributed by atoms with E-state index in [4.69, 9.17) is 4.74 Å². The molecule has 3 amide bonds. The second-order valence-electron chi connectivity index (χ2n) is 7.57. The molecule has 1 saturated heterocycles. The summed E-state index contributed by atoms with van der Waals surface area (Å²) in [6.45, 7) is 2.68. The summed E-state index contributed by atoms with van der Waals surface area (Å²) in [6, 6.07) is 14.6. The molecule has 156 valence electrons. The molecule has 0 radical (unpaired) electrons. The Morgan fingerprint density at radius 1 is 1.13 bits per heavy atom. The van der Waals surface area contributed by atoms with Crippen LogP contribution in [0.15, 0.2) is 54.7 Å². The molecule has 0 unspecified atom stereocenters. The summed E-state index contributed by atoms with van der Waals surface area (Å²) in [5.41, 5.74) is 2.83. The molecule has 1 aliphatic rings. The fourth-order valence-corrected chi connectivity index (χ4v) is 3.90. The maximum Gasteiger partial charge on any atom is 0.321 e. The van der Waals surface area contributed by atoms with Gasteiger partial charge in [0.05, 0.1) is 7.11 Å². The molecule has 0 atom stereocenters. The lowest BCUT2D eigenvalue weighted by atomic mass is 10.0. The van der Waals surface area contributed by atoms with E-state index >= 15 is 0 Å². The van der Waals surface area contributed by atoms with E-state index in [1.165, 1.54) is 18.1 Å². The van der Waals surface area contributed by atoms with Crippen LogP contribution in [0, 0.1) is 0 Å². The Bertz CT molecular complexity index is 1040. The summed E-state index contributed by atoms with van der Waals surface area (Å²) >= 11 is 0. The minimum atomic E-state index is -0.460. The van der Waals surface area contributed by atoms with E-state index in [0.717, 1.165) is 38.0 Å². The van der Waals surface area contributed by atoms with Gasteiger partial charge in [0.2, 0.25) is 0 Å². The van der Waals surface area contributed by atoms with Crippen molar-refractivity contribution in [2.75, 3.05) is 20.2 Å².